The zero-order valence-electron chi connectivity index (χ0n) is 7.45. The highest BCUT2D eigenvalue weighted by Gasteiger charge is 2.18. The third-order valence-corrected chi connectivity index (χ3v) is 2.41. The van der Waals surface area contributed by atoms with Crippen LogP contribution in [0.25, 0.3) is 0 Å². The van der Waals surface area contributed by atoms with Gasteiger partial charge in [-0.2, -0.15) is 0 Å². The summed E-state index contributed by atoms with van der Waals surface area (Å²) in [5.41, 5.74) is 0.517. The molecular formula is C10H20. The van der Waals surface area contributed by atoms with Crippen molar-refractivity contribution in [2.45, 2.75) is 46.0 Å². The number of hydrogen-bond donors (Lipinski definition) is 0. The van der Waals surface area contributed by atoms with Crippen molar-refractivity contribution in [2.24, 2.45) is 5.41 Å². The third kappa shape index (κ3) is 3.24. The highest BCUT2D eigenvalue weighted by molar-refractivity contribution is 4.73. The lowest BCUT2D eigenvalue weighted by atomic mass is 9.79. The lowest BCUT2D eigenvalue weighted by Gasteiger charge is -2.26. The average Bonchev–Trinajstić information content (AvgIpc) is 1.89. The van der Waals surface area contributed by atoms with Crippen LogP contribution in [0.3, 0.4) is 0 Å². The van der Waals surface area contributed by atoms with Gasteiger partial charge in [0.1, 0.15) is 0 Å². The minimum absolute atomic E-state index is 0.517. The largest absolute Gasteiger partial charge is 0.0649 e. The highest BCUT2D eigenvalue weighted by Crippen LogP contribution is 2.32. The van der Waals surface area contributed by atoms with Crippen LogP contribution < -0.4 is 0 Å². The minimum Gasteiger partial charge on any atom is -0.0649 e. The topological polar surface area (TPSA) is 0 Å². The molecule has 0 atom stereocenters. The van der Waals surface area contributed by atoms with E-state index in [0.29, 0.717) is 5.41 Å². The lowest BCUT2D eigenvalue weighted by molar-refractivity contribution is 0.264. The summed E-state index contributed by atoms with van der Waals surface area (Å²) >= 11 is 0. The summed E-state index contributed by atoms with van der Waals surface area (Å²) in [6.45, 7) is 12.4. The molecule has 60 valence electrons. The Bertz CT molecular complexity index is 68.1. The van der Waals surface area contributed by atoms with Gasteiger partial charge in [0.05, 0.1) is 0 Å². The van der Waals surface area contributed by atoms with Crippen LogP contribution in [0.2, 0.25) is 0 Å². The molecule has 0 aliphatic rings. The molecule has 0 aromatic carbocycles. The Kier molecular flexibility index (Phi) is 4.76. The van der Waals surface area contributed by atoms with Gasteiger partial charge in [-0.05, 0) is 18.3 Å². The molecule has 0 spiro atoms. The zero-order valence-corrected chi connectivity index (χ0v) is 7.45. The molecule has 0 unspecified atom stereocenters. The van der Waals surface area contributed by atoms with Gasteiger partial charge in [-0.3, -0.25) is 0 Å². The fourth-order valence-corrected chi connectivity index (χ4v) is 1.33. The molecule has 10 heavy (non-hydrogen) atoms. The van der Waals surface area contributed by atoms with Crippen molar-refractivity contribution in [3.63, 3.8) is 0 Å². The van der Waals surface area contributed by atoms with Crippen molar-refractivity contribution in [1.29, 1.82) is 0 Å². The summed E-state index contributed by atoms with van der Waals surface area (Å²) in [7, 11) is 0. The fraction of sp³-hybridized carbons (Fsp3) is 0.800. The van der Waals surface area contributed by atoms with Crippen LogP contribution in [0.5, 0.6) is 0 Å². The molecule has 0 aromatic heterocycles. The van der Waals surface area contributed by atoms with E-state index in [1.807, 2.05) is 0 Å². The summed E-state index contributed by atoms with van der Waals surface area (Å²) < 4.78 is 0. The molecule has 0 fully saturated rings. The van der Waals surface area contributed by atoms with Gasteiger partial charge >= 0.3 is 0 Å². The van der Waals surface area contributed by atoms with Crippen molar-refractivity contribution in [3.05, 3.63) is 13.8 Å². The molecule has 0 N–H and O–H groups in total. The second kappa shape index (κ2) is 4.76. The predicted molar refractivity (Wildman–Crippen MR) is 47.6 cm³/mol. The number of rotatable bonds is 5. The maximum atomic E-state index is 3.88. The second-order valence-electron chi connectivity index (χ2n) is 3.37. The van der Waals surface area contributed by atoms with E-state index in [-0.39, 0.29) is 0 Å². The first-order valence-electron chi connectivity index (χ1n) is 4.27. The van der Waals surface area contributed by atoms with E-state index >= 15 is 0 Å². The molecule has 2 radical (unpaired) electrons. The molecular weight excluding hydrogens is 120 g/mol. The van der Waals surface area contributed by atoms with E-state index in [2.05, 4.69) is 27.7 Å². The van der Waals surface area contributed by atoms with E-state index in [1.54, 1.807) is 0 Å². The molecule has 0 saturated heterocycles. The summed E-state index contributed by atoms with van der Waals surface area (Å²) in [6, 6.07) is 0. The summed E-state index contributed by atoms with van der Waals surface area (Å²) in [5.74, 6) is 0. The fourth-order valence-electron chi connectivity index (χ4n) is 1.33. The van der Waals surface area contributed by atoms with Gasteiger partial charge in [0.15, 0.2) is 0 Å². The van der Waals surface area contributed by atoms with Gasteiger partial charge in [-0.25, -0.2) is 0 Å². The second-order valence-corrected chi connectivity index (χ2v) is 3.37. The Morgan fingerprint density at radius 3 is 1.70 bits per heavy atom. The minimum atomic E-state index is 0.517. The molecule has 0 aliphatic carbocycles. The van der Waals surface area contributed by atoms with Crippen LogP contribution in [0.4, 0.5) is 0 Å². The van der Waals surface area contributed by atoms with Gasteiger partial charge in [0.2, 0.25) is 0 Å². The summed E-state index contributed by atoms with van der Waals surface area (Å²) in [6.07, 6.45) is 5.88. The van der Waals surface area contributed by atoms with Crippen molar-refractivity contribution in [2.75, 3.05) is 0 Å². The standard InChI is InChI=1S/C10H20/c1-5-8-10(4,7-3)9-6-2/h1-2,5-9H2,3-4H3. The monoisotopic (exact) mass is 140 g/mol. The maximum Gasteiger partial charge on any atom is -0.0328 e. The molecule has 0 bridgehead atoms. The smallest absolute Gasteiger partial charge is 0.0328 e. The van der Waals surface area contributed by atoms with Gasteiger partial charge in [-0.1, -0.05) is 47.0 Å². The van der Waals surface area contributed by atoms with Crippen LogP contribution >= 0.6 is 0 Å². The van der Waals surface area contributed by atoms with Crippen molar-refractivity contribution >= 4 is 0 Å². The van der Waals surface area contributed by atoms with Crippen LogP contribution in [0, 0.1) is 19.3 Å². The number of hydrogen-bond acceptors (Lipinski definition) is 0. The zero-order chi connectivity index (χ0) is 8.04. The molecule has 0 rings (SSSR count). The maximum absolute atomic E-state index is 3.88. The van der Waals surface area contributed by atoms with Gasteiger partial charge < -0.3 is 0 Å². The Labute approximate surface area is 66.0 Å². The first kappa shape index (κ1) is 10.0. The Hall–Kier alpha value is 0. The van der Waals surface area contributed by atoms with Crippen LogP contribution in [-0.2, 0) is 0 Å². The molecule has 0 heteroatoms. The van der Waals surface area contributed by atoms with Crippen molar-refractivity contribution < 1.29 is 0 Å². The SMILES string of the molecule is [CH2]CCC(C)(CC)CC[CH2]. The highest BCUT2D eigenvalue weighted by atomic mass is 14.2. The Morgan fingerprint density at radius 1 is 1.10 bits per heavy atom. The summed E-state index contributed by atoms with van der Waals surface area (Å²) in [4.78, 5) is 0. The molecule has 0 nitrogen and oxygen atoms in total. The average molecular weight is 140 g/mol. The predicted octanol–water partition coefficient (Wildman–Crippen LogP) is 3.63. The van der Waals surface area contributed by atoms with E-state index in [4.69, 9.17) is 0 Å². The van der Waals surface area contributed by atoms with Crippen LogP contribution in [0.15, 0.2) is 0 Å². The van der Waals surface area contributed by atoms with Gasteiger partial charge in [-0.15, -0.1) is 0 Å². The molecule has 0 aromatic rings. The van der Waals surface area contributed by atoms with Crippen LogP contribution in [-0.4, -0.2) is 0 Å². The quantitative estimate of drug-likeness (QED) is 0.547. The molecule has 0 saturated carbocycles. The van der Waals surface area contributed by atoms with Crippen molar-refractivity contribution in [1.82, 2.24) is 0 Å². The molecule has 0 aliphatic heterocycles. The molecule has 0 amide bonds. The van der Waals surface area contributed by atoms with Gasteiger partial charge in [0.25, 0.3) is 0 Å². The Morgan fingerprint density at radius 2 is 1.50 bits per heavy atom. The lowest BCUT2D eigenvalue weighted by Crippen LogP contribution is -2.13. The van der Waals surface area contributed by atoms with E-state index < -0.39 is 0 Å². The normalized spacial score (nSPS) is 12.0. The van der Waals surface area contributed by atoms with Crippen LogP contribution in [0.1, 0.15) is 46.0 Å². The molecule has 0 heterocycles. The first-order valence-corrected chi connectivity index (χ1v) is 4.27. The van der Waals surface area contributed by atoms with E-state index in [9.17, 15) is 0 Å². The third-order valence-electron chi connectivity index (χ3n) is 2.41. The summed E-state index contributed by atoms with van der Waals surface area (Å²) in [5, 5.41) is 0. The Balaban J connectivity index is 3.69. The van der Waals surface area contributed by atoms with E-state index in [1.165, 1.54) is 19.3 Å². The van der Waals surface area contributed by atoms with Gasteiger partial charge in [0, 0.05) is 0 Å². The first-order chi connectivity index (χ1) is 4.68. The van der Waals surface area contributed by atoms with Crippen molar-refractivity contribution in [3.8, 4) is 0 Å². The van der Waals surface area contributed by atoms with E-state index in [0.717, 1.165) is 12.8 Å².